The molecule has 0 spiro atoms. The summed E-state index contributed by atoms with van der Waals surface area (Å²) in [4.78, 5) is 11.9. The summed E-state index contributed by atoms with van der Waals surface area (Å²) in [5, 5.41) is 13.5. The Bertz CT molecular complexity index is 911. The van der Waals surface area contributed by atoms with E-state index in [0.29, 0.717) is 22.8 Å². The maximum atomic E-state index is 11.9. The van der Waals surface area contributed by atoms with Crippen LogP contribution in [0.25, 0.3) is 11.3 Å². The molecule has 2 aromatic carbocycles. The summed E-state index contributed by atoms with van der Waals surface area (Å²) in [6.45, 7) is 0. The topological polar surface area (TPSA) is 109 Å². The molecule has 0 saturated carbocycles. The Morgan fingerprint density at radius 2 is 1.87 bits per heavy atom. The van der Waals surface area contributed by atoms with Crippen LogP contribution in [-0.2, 0) is 0 Å². The number of anilines is 1. The number of ether oxygens (including phenoxy) is 1. The second-order valence-electron chi connectivity index (χ2n) is 4.83. The average molecular weight is 309 g/mol. The summed E-state index contributed by atoms with van der Waals surface area (Å²) in [6, 6.07) is 14.3. The number of nitrogens with one attached hydrogen (secondary N) is 2. The Morgan fingerprint density at radius 1 is 1.04 bits per heavy atom. The van der Waals surface area contributed by atoms with Gasteiger partial charge in [-0.05, 0) is 24.3 Å². The Labute approximate surface area is 131 Å². The Balaban J connectivity index is 1.99. The molecule has 0 atom stereocenters. The molecule has 0 fully saturated rings. The van der Waals surface area contributed by atoms with E-state index in [-0.39, 0.29) is 11.2 Å². The van der Waals surface area contributed by atoms with Crippen LogP contribution in [0, 0.1) is 0 Å². The molecule has 0 aliphatic rings. The smallest absolute Gasteiger partial charge is 0.292 e. The minimum absolute atomic E-state index is 0.193. The average Bonchev–Trinajstić information content (AvgIpc) is 2.94. The van der Waals surface area contributed by atoms with Gasteiger partial charge < -0.3 is 10.5 Å². The molecule has 3 aromatic rings. The number of hydrogen-bond donors (Lipinski definition) is 3. The lowest BCUT2D eigenvalue weighted by molar-refractivity contribution is 0.415. The fraction of sp³-hybridized carbons (Fsp3) is 0.0625. The van der Waals surface area contributed by atoms with E-state index in [1.807, 2.05) is 6.07 Å². The highest BCUT2D eigenvalue weighted by Gasteiger charge is 2.11. The van der Waals surface area contributed by atoms with Gasteiger partial charge in [-0.25, -0.2) is 0 Å². The zero-order valence-corrected chi connectivity index (χ0v) is 12.4. The molecule has 0 unspecified atom stereocenters. The first-order chi connectivity index (χ1) is 11.2. The largest absolute Gasteiger partial charge is 0.497 e. The number of benzene rings is 2. The fourth-order valence-electron chi connectivity index (χ4n) is 2.13. The second kappa shape index (κ2) is 6.18. The fourth-order valence-corrected chi connectivity index (χ4v) is 2.13. The molecule has 0 amide bonds. The van der Waals surface area contributed by atoms with Crippen molar-refractivity contribution in [1.82, 2.24) is 10.2 Å². The number of nitrogens with zero attached hydrogens (tertiary/aromatic N) is 2. The SMILES string of the molecule is COc1cccc(N=Nc2c(-c3cccc(N)c3)[nH][nH]c2=O)c1. The van der Waals surface area contributed by atoms with E-state index in [9.17, 15) is 4.79 Å². The minimum Gasteiger partial charge on any atom is -0.497 e. The molecule has 0 aliphatic carbocycles. The molecule has 0 aliphatic heterocycles. The van der Waals surface area contributed by atoms with Crippen LogP contribution in [0.2, 0.25) is 0 Å². The first-order valence-corrected chi connectivity index (χ1v) is 6.90. The van der Waals surface area contributed by atoms with Crippen LogP contribution in [0.15, 0.2) is 63.6 Å². The highest BCUT2D eigenvalue weighted by Crippen LogP contribution is 2.28. The van der Waals surface area contributed by atoms with Crippen molar-refractivity contribution in [1.29, 1.82) is 0 Å². The third kappa shape index (κ3) is 3.13. The monoisotopic (exact) mass is 309 g/mol. The van der Waals surface area contributed by atoms with Gasteiger partial charge >= 0.3 is 0 Å². The number of azo groups is 1. The van der Waals surface area contributed by atoms with Gasteiger partial charge in [-0.1, -0.05) is 18.2 Å². The van der Waals surface area contributed by atoms with E-state index >= 15 is 0 Å². The van der Waals surface area contributed by atoms with Crippen LogP contribution in [0.4, 0.5) is 17.1 Å². The molecule has 7 nitrogen and oxygen atoms in total. The Kier molecular flexibility index (Phi) is 3.92. The number of nitrogens with two attached hydrogens (primary N) is 1. The van der Waals surface area contributed by atoms with E-state index in [1.165, 1.54) is 0 Å². The molecule has 0 radical (unpaired) electrons. The molecule has 7 heteroatoms. The van der Waals surface area contributed by atoms with Gasteiger partial charge in [-0.3, -0.25) is 15.0 Å². The predicted molar refractivity (Wildman–Crippen MR) is 88.4 cm³/mol. The molecular weight excluding hydrogens is 294 g/mol. The van der Waals surface area contributed by atoms with Crippen molar-refractivity contribution in [2.45, 2.75) is 0 Å². The molecule has 0 saturated heterocycles. The van der Waals surface area contributed by atoms with E-state index in [1.54, 1.807) is 49.6 Å². The highest BCUT2D eigenvalue weighted by molar-refractivity contribution is 5.73. The summed E-state index contributed by atoms with van der Waals surface area (Å²) in [6.07, 6.45) is 0. The quantitative estimate of drug-likeness (QED) is 0.507. The minimum atomic E-state index is -0.353. The van der Waals surface area contributed by atoms with Crippen molar-refractivity contribution in [2.24, 2.45) is 10.2 Å². The van der Waals surface area contributed by atoms with Crippen LogP contribution < -0.4 is 16.0 Å². The maximum absolute atomic E-state index is 11.9. The van der Waals surface area contributed by atoms with Gasteiger partial charge in [0, 0.05) is 17.3 Å². The van der Waals surface area contributed by atoms with Gasteiger partial charge in [0.15, 0.2) is 5.69 Å². The molecule has 4 N–H and O–H groups in total. The number of hydrogen-bond acceptors (Lipinski definition) is 5. The molecule has 23 heavy (non-hydrogen) atoms. The van der Waals surface area contributed by atoms with Gasteiger partial charge in [-0.15, -0.1) is 5.11 Å². The van der Waals surface area contributed by atoms with E-state index in [0.717, 1.165) is 5.56 Å². The molecule has 3 rings (SSSR count). The molecular formula is C16H15N5O2. The molecule has 1 heterocycles. The van der Waals surface area contributed by atoms with Crippen molar-refractivity contribution in [3.63, 3.8) is 0 Å². The number of rotatable bonds is 4. The standard InChI is InChI=1S/C16H15N5O2/c1-23-13-7-3-6-12(9-13)18-20-15-14(19-21-16(15)22)10-4-2-5-11(17)8-10/h2-9H,17H2,1H3,(H2,19,21,22). The lowest BCUT2D eigenvalue weighted by Gasteiger charge is -2.01. The molecule has 1 aromatic heterocycles. The molecule has 0 bridgehead atoms. The third-order valence-corrected chi connectivity index (χ3v) is 3.25. The lowest BCUT2D eigenvalue weighted by Crippen LogP contribution is -1.96. The zero-order chi connectivity index (χ0) is 16.2. The maximum Gasteiger partial charge on any atom is 0.292 e. The van der Waals surface area contributed by atoms with Crippen LogP contribution in [-0.4, -0.2) is 17.3 Å². The number of aromatic nitrogens is 2. The summed E-state index contributed by atoms with van der Waals surface area (Å²) < 4.78 is 5.13. The summed E-state index contributed by atoms with van der Waals surface area (Å²) in [7, 11) is 1.57. The highest BCUT2D eigenvalue weighted by atomic mass is 16.5. The first kappa shape index (κ1) is 14.6. The van der Waals surface area contributed by atoms with Crippen molar-refractivity contribution in [2.75, 3.05) is 12.8 Å². The predicted octanol–water partition coefficient (Wildman–Crippen LogP) is 3.38. The van der Waals surface area contributed by atoms with Crippen LogP contribution >= 0.6 is 0 Å². The Morgan fingerprint density at radius 3 is 2.65 bits per heavy atom. The van der Waals surface area contributed by atoms with E-state index in [2.05, 4.69) is 20.4 Å². The van der Waals surface area contributed by atoms with E-state index < -0.39 is 0 Å². The van der Waals surface area contributed by atoms with Gasteiger partial charge in [0.25, 0.3) is 5.56 Å². The van der Waals surface area contributed by atoms with Crippen LogP contribution in [0.1, 0.15) is 0 Å². The van der Waals surface area contributed by atoms with Crippen LogP contribution in [0.3, 0.4) is 0 Å². The van der Waals surface area contributed by atoms with Gasteiger partial charge in [0.1, 0.15) is 5.75 Å². The second-order valence-corrected chi connectivity index (χ2v) is 4.83. The number of aromatic amines is 2. The van der Waals surface area contributed by atoms with E-state index in [4.69, 9.17) is 10.5 Å². The summed E-state index contributed by atoms with van der Waals surface area (Å²) in [5.41, 5.74) is 8.09. The van der Waals surface area contributed by atoms with Crippen molar-refractivity contribution in [3.8, 4) is 17.0 Å². The van der Waals surface area contributed by atoms with Crippen molar-refractivity contribution < 1.29 is 4.74 Å². The van der Waals surface area contributed by atoms with Gasteiger partial charge in [0.05, 0.1) is 18.5 Å². The lowest BCUT2D eigenvalue weighted by atomic mass is 10.1. The van der Waals surface area contributed by atoms with Crippen molar-refractivity contribution in [3.05, 3.63) is 58.9 Å². The zero-order valence-electron chi connectivity index (χ0n) is 12.4. The summed E-state index contributed by atoms with van der Waals surface area (Å²) in [5.74, 6) is 0.667. The molecule has 116 valence electrons. The van der Waals surface area contributed by atoms with Crippen molar-refractivity contribution >= 4 is 17.1 Å². The van der Waals surface area contributed by atoms with Gasteiger partial charge in [-0.2, -0.15) is 5.11 Å². The number of methoxy groups -OCH3 is 1. The number of H-pyrrole nitrogens is 2. The van der Waals surface area contributed by atoms with Crippen LogP contribution in [0.5, 0.6) is 5.75 Å². The Hall–Kier alpha value is -3.35. The normalized spacial score (nSPS) is 11.0. The summed E-state index contributed by atoms with van der Waals surface area (Å²) >= 11 is 0. The number of nitrogen functional groups attached to an aromatic ring is 1. The van der Waals surface area contributed by atoms with Gasteiger partial charge in [0.2, 0.25) is 0 Å². The third-order valence-electron chi connectivity index (χ3n) is 3.25. The first-order valence-electron chi connectivity index (χ1n) is 6.90.